The van der Waals surface area contributed by atoms with Gasteiger partial charge in [-0.1, -0.05) is 0 Å². The van der Waals surface area contributed by atoms with Gasteiger partial charge in [-0.15, -0.1) is 0 Å². The Hall–Kier alpha value is -4.01. The summed E-state index contributed by atoms with van der Waals surface area (Å²) in [6.07, 6.45) is 1.42. The smallest absolute Gasteiger partial charge is 0.343 e. The van der Waals surface area contributed by atoms with Crippen LogP contribution in [-0.2, 0) is 0 Å². The van der Waals surface area contributed by atoms with Crippen molar-refractivity contribution < 1.29 is 23.5 Å². The number of hydrogen-bond donors (Lipinski definition) is 2. The number of nitrogens with one attached hydrogen (secondary N) is 2. The first-order valence-corrected chi connectivity index (χ1v) is 9.06. The molecule has 1 amide bonds. The summed E-state index contributed by atoms with van der Waals surface area (Å²) in [5, 5.41) is 10.4. The highest BCUT2D eigenvalue weighted by Crippen LogP contribution is 2.29. The minimum absolute atomic E-state index is 0.208. The number of hydrazone groups is 1. The van der Waals surface area contributed by atoms with Gasteiger partial charge in [0.05, 0.1) is 18.4 Å². The predicted octanol–water partition coefficient (Wildman–Crippen LogP) is 3.24. The van der Waals surface area contributed by atoms with Gasteiger partial charge in [-0.05, 0) is 67.9 Å². The third-order valence-corrected chi connectivity index (χ3v) is 3.87. The maximum absolute atomic E-state index is 13.0. The fourth-order valence-corrected chi connectivity index (χ4v) is 2.46. The fraction of sp³-hybridized carbons (Fsp3) is 0.143. The lowest BCUT2D eigenvalue weighted by atomic mass is 10.2. The molecule has 0 spiro atoms. The van der Waals surface area contributed by atoms with E-state index in [1.165, 1.54) is 30.5 Å². The van der Waals surface area contributed by atoms with Gasteiger partial charge in [-0.25, -0.2) is 14.6 Å². The number of carbonyl (C=O) groups is 2. The van der Waals surface area contributed by atoms with E-state index in [4.69, 9.17) is 9.47 Å². The average molecular weight is 410 g/mol. The molecule has 0 radical (unpaired) electrons. The van der Waals surface area contributed by atoms with E-state index in [1.54, 1.807) is 38.1 Å². The number of carbonyl (C=O) groups excluding carboxylic acids is 2. The standard InChI is InChI=1S/C21H19FN4O4/c1-3-29-19-11-14(12-23-26-20(27)17-10-13(2)24-25-17)4-9-18(19)30-21(28)15-5-7-16(22)8-6-15/h4-12H,3H2,1-2H3,(H,24,25)(H,26,27). The van der Waals surface area contributed by atoms with Crippen LogP contribution in [0.5, 0.6) is 11.5 Å². The zero-order valence-electron chi connectivity index (χ0n) is 16.3. The van der Waals surface area contributed by atoms with Crippen molar-refractivity contribution in [1.29, 1.82) is 0 Å². The van der Waals surface area contributed by atoms with Crippen LogP contribution >= 0.6 is 0 Å². The molecule has 2 aromatic carbocycles. The van der Waals surface area contributed by atoms with E-state index in [1.807, 2.05) is 0 Å². The molecule has 0 atom stereocenters. The Balaban J connectivity index is 1.70. The predicted molar refractivity (Wildman–Crippen MR) is 107 cm³/mol. The van der Waals surface area contributed by atoms with Crippen LogP contribution in [0.25, 0.3) is 0 Å². The molecule has 0 saturated heterocycles. The van der Waals surface area contributed by atoms with Crippen LogP contribution in [0.15, 0.2) is 53.6 Å². The van der Waals surface area contributed by atoms with Gasteiger partial charge in [-0.3, -0.25) is 9.89 Å². The van der Waals surface area contributed by atoms with Gasteiger partial charge in [0.1, 0.15) is 5.82 Å². The molecule has 3 rings (SSSR count). The Morgan fingerprint density at radius 2 is 1.93 bits per heavy atom. The van der Waals surface area contributed by atoms with Crippen molar-refractivity contribution in [3.63, 3.8) is 0 Å². The van der Waals surface area contributed by atoms with E-state index in [-0.39, 0.29) is 17.0 Å². The van der Waals surface area contributed by atoms with Gasteiger partial charge < -0.3 is 9.47 Å². The van der Waals surface area contributed by atoms with E-state index < -0.39 is 17.7 Å². The van der Waals surface area contributed by atoms with E-state index in [0.29, 0.717) is 17.9 Å². The van der Waals surface area contributed by atoms with Crippen molar-refractivity contribution in [2.75, 3.05) is 6.61 Å². The van der Waals surface area contributed by atoms with Crippen molar-refractivity contribution in [3.8, 4) is 11.5 Å². The zero-order chi connectivity index (χ0) is 21.5. The second kappa shape index (κ2) is 9.46. The number of aromatic amines is 1. The minimum atomic E-state index is -0.640. The topological polar surface area (TPSA) is 106 Å². The van der Waals surface area contributed by atoms with Crippen molar-refractivity contribution in [2.24, 2.45) is 5.10 Å². The number of benzene rings is 2. The van der Waals surface area contributed by atoms with Crippen LogP contribution in [0.4, 0.5) is 4.39 Å². The van der Waals surface area contributed by atoms with Crippen LogP contribution in [0, 0.1) is 12.7 Å². The summed E-state index contributed by atoms with van der Waals surface area (Å²) in [6, 6.07) is 11.4. The lowest BCUT2D eigenvalue weighted by Gasteiger charge is -2.11. The Morgan fingerprint density at radius 1 is 1.17 bits per heavy atom. The van der Waals surface area contributed by atoms with Crippen molar-refractivity contribution >= 4 is 18.1 Å². The summed E-state index contributed by atoms with van der Waals surface area (Å²) >= 11 is 0. The third-order valence-electron chi connectivity index (χ3n) is 3.87. The number of H-pyrrole nitrogens is 1. The largest absolute Gasteiger partial charge is 0.490 e. The zero-order valence-corrected chi connectivity index (χ0v) is 16.3. The molecular formula is C21H19FN4O4. The summed E-state index contributed by atoms with van der Waals surface area (Å²) in [5.41, 5.74) is 4.18. The van der Waals surface area contributed by atoms with Gasteiger partial charge in [0.25, 0.3) is 5.91 Å². The summed E-state index contributed by atoms with van der Waals surface area (Å²) in [4.78, 5) is 24.2. The molecule has 0 aliphatic carbocycles. The van der Waals surface area contributed by atoms with Crippen LogP contribution in [-0.4, -0.2) is 34.9 Å². The maximum atomic E-state index is 13.0. The second-order valence-electron chi connectivity index (χ2n) is 6.17. The molecule has 0 saturated carbocycles. The Labute approximate surface area is 171 Å². The lowest BCUT2D eigenvalue weighted by Crippen LogP contribution is -2.18. The van der Waals surface area contributed by atoms with E-state index in [2.05, 4.69) is 20.7 Å². The highest BCUT2D eigenvalue weighted by molar-refractivity contribution is 5.93. The van der Waals surface area contributed by atoms with Crippen LogP contribution in [0.3, 0.4) is 0 Å². The SMILES string of the molecule is CCOc1cc(C=NNC(=O)c2cc(C)[nH]n2)ccc1OC(=O)c1ccc(F)cc1. The minimum Gasteiger partial charge on any atom is -0.490 e. The first kappa shape index (κ1) is 20.7. The van der Waals surface area contributed by atoms with E-state index >= 15 is 0 Å². The summed E-state index contributed by atoms with van der Waals surface area (Å²) in [7, 11) is 0. The normalized spacial score (nSPS) is 10.8. The molecule has 2 N–H and O–H groups in total. The van der Waals surface area contributed by atoms with Crippen LogP contribution in [0.2, 0.25) is 0 Å². The van der Waals surface area contributed by atoms with Crippen molar-refractivity contribution in [3.05, 3.63) is 76.9 Å². The van der Waals surface area contributed by atoms with Gasteiger partial charge in [-0.2, -0.15) is 10.2 Å². The number of ether oxygens (including phenoxy) is 2. The molecule has 9 heteroatoms. The molecule has 0 fully saturated rings. The molecule has 0 unspecified atom stereocenters. The van der Waals surface area contributed by atoms with Crippen molar-refractivity contribution in [1.82, 2.24) is 15.6 Å². The highest BCUT2D eigenvalue weighted by atomic mass is 19.1. The number of hydrogen-bond acceptors (Lipinski definition) is 6. The maximum Gasteiger partial charge on any atom is 0.343 e. The lowest BCUT2D eigenvalue weighted by molar-refractivity contribution is 0.0728. The van der Waals surface area contributed by atoms with E-state index in [9.17, 15) is 14.0 Å². The second-order valence-corrected chi connectivity index (χ2v) is 6.17. The quantitative estimate of drug-likeness (QED) is 0.269. The van der Waals surface area contributed by atoms with Crippen LogP contribution in [0.1, 0.15) is 39.0 Å². The Morgan fingerprint density at radius 3 is 2.60 bits per heavy atom. The first-order valence-electron chi connectivity index (χ1n) is 9.06. The summed E-state index contributed by atoms with van der Waals surface area (Å²) in [5.74, 6) is -1.00. The Bertz CT molecular complexity index is 1080. The molecule has 30 heavy (non-hydrogen) atoms. The molecule has 0 aliphatic heterocycles. The molecular weight excluding hydrogens is 391 g/mol. The third kappa shape index (κ3) is 5.28. The van der Waals surface area contributed by atoms with E-state index in [0.717, 1.165) is 5.69 Å². The fourth-order valence-electron chi connectivity index (χ4n) is 2.46. The molecule has 154 valence electrons. The summed E-state index contributed by atoms with van der Waals surface area (Å²) in [6.45, 7) is 3.92. The number of rotatable bonds is 7. The van der Waals surface area contributed by atoms with Gasteiger partial charge in [0.15, 0.2) is 17.2 Å². The highest BCUT2D eigenvalue weighted by Gasteiger charge is 2.13. The number of amides is 1. The molecule has 0 bridgehead atoms. The molecule has 8 nitrogen and oxygen atoms in total. The number of esters is 1. The van der Waals surface area contributed by atoms with Crippen molar-refractivity contribution in [2.45, 2.75) is 13.8 Å². The molecule has 0 aliphatic rings. The average Bonchev–Trinajstić information content (AvgIpc) is 3.17. The number of nitrogens with zero attached hydrogens (tertiary/aromatic N) is 2. The Kier molecular flexibility index (Phi) is 6.53. The summed E-state index contributed by atoms with van der Waals surface area (Å²) < 4.78 is 23.9. The molecule has 1 heterocycles. The van der Waals surface area contributed by atoms with Gasteiger partial charge >= 0.3 is 5.97 Å². The monoisotopic (exact) mass is 410 g/mol. The number of aromatic nitrogens is 2. The number of aryl methyl sites for hydroxylation is 1. The van der Waals surface area contributed by atoms with Crippen LogP contribution < -0.4 is 14.9 Å². The molecule has 1 aromatic heterocycles. The first-order chi connectivity index (χ1) is 14.5. The molecule has 3 aromatic rings. The number of halogens is 1. The van der Waals surface area contributed by atoms with Gasteiger partial charge in [0.2, 0.25) is 0 Å². The van der Waals surface area contributed by atoms with Gasteiger partial charge in [0, 0.05) is 5.69 Å².